The number of hydrogen-bond acceptors (Lipinski definition) is 13. The van der Waals surface area contributed by atoms with Crippen LogP contribution in [0, 0.1) is 0 Å². The van der Waals surface area contributed by atoms with E-state index in [9.17, 15) is 51.1 Å². The van der Waals surface area contributed by atoms with Crippen LogP contribution in [0.3, 0.4) is 0 Å². The Labute approximate surface area is 394 Å². The van der Waals surface area contributed by atoms with Crippen molar-refractivity contribution in [1.29, 1.82) is 0 Å². The van der Waals surface area contributed by atoms with Gasteiger partial charge in [-0.1, -0.05) is 48.5 Å². The molecule has 0 spiro atoms. The van der Waals surface area contributed by atoms with Crippen LogP contribution in [-0.2, 0) is 4.74 Å². The van der Waals surface area contributed by atoms with Gasteiger partial charge in [-0.2, -0.15) is 0 Å². The first kappa shape index (κ1) is 42.9. The monoisotopic (exact) mass is 924 g/mol. The second-order valence-corrected chi connectivity index (χ2v) is 17.9. The highest BCUT2D eigenvalue weighted by atomic mass is 16.5. The average molecular weight is 925 g/mol. The molecular formula is C56H44O13. The predicted molar refractivity (Wildman–Crippen MR) is 251 cm³/mol. The first-order valence-corrected chi connectivity index (χ1v) is 22.2. The van der Waals surface area contributed by atoms with Crippen molar-refractivity contribution >= 4 is 0 Å². The fourth-order valence-corrected chi connectivity index (χ4v) is 10.7. The number of fused-ring (bicyclic) bond motifs is 2. The van der Waals surface area contributed by atoms with E-state index in [1.165, 1.54) is 97.1 Å². The van der Waals surface area contributed by atoms with Gasteiger partial charge in [-0.25, -0.2) is 0 Å². The molecule has 1 unspecified atom stereocenters. The molecule has 8 atom stereocenters. The molecule has 3 heterocycles. The van der Waals surface area contributed by atoms with Gasteiger partial charge in [0.05, 0.1) is 24.0 Å². The van der Waals surface area contributed by atoms with E-state index < -0.39 is 48.1 Å². The maximum absolute atomic E-state index is 12.4. The Morgan fingerprint density at radius 3 is 1.17 bits per heavy atom. The standard InChI is InChI=1S/C56H44O13/c57-33-9-1-27(2-10-33)53-48(31-17-37(61)21-38(62)18-31)51-44(23-41(65)24-47(51)68-53)50-43-25-42(45(66)26-46(43)67-55(50)29-5-13-35(59)14-6-29)52-49(32-19-39(63)22-40(64)20-32)54(28-3-11-34(58)12-4-28)69-56(52)30-7-15-36(60)16-8-30/h1-26,48-50,52-66H/t48-,49+,50?,52-,53+,54-,55-,56-/m1/s1. The van der Waals surface area contributed by atoms with Gasteiger partial charge in [0.25, 0.3) is 0 Å². The van der Waals surface area contributed by atoms with Crippen LogP contribution in [-0.4, -0.2) is 51.1 Å². The number of aromatic hydroxyl groups is 10. The van der Waals surface area contributed by atoms with Gasteiger partial charge in [0.15, 0.2) is 0 Å². The van der Waals surface area contributed by atoms with Crippen LogP contribution >= 0.6 is 0 Å². The molecule has 0 aliphatic carbocycles. The molecule has 69 heavy (non-hydrogen) atoms. The Balaban J connectivity index is 1.15. The van der Waals surface area contributed by atoms with Gasteiger partial charge in [-0.05, 0) is 124 Å². The molecule has 11 rings (SSSR count). The third-order valence-corrected chi connectivity index (χ3v) is 13.6. The lowest BCUT2D eigenvalue weighted by Crippen LogP contribution is -2.16. The highest BCUT2D eigenvalue weighted by Gasteiger charge is 2.51. The van der Waals surface area contributed by atoms with Crippen LogP contribution < -0.4 is 9.47 Å². The summed E-state index contributed by atoms with van der Waals surface area (Å²) in [6.45, 7) is 0. The van der Waals surface area contributed by atoms with E-state index in [4.69, 9.17) is 14.2 Å². The molecular weight excluding hydrogens is 881 g/mol. The van der Waals surface area contributed by atoms with E-state index >= 15 is 0 Å². The molecule has 0 bridgehead atoms. The Bertz CT molecular complexity index is 3200. The van der Waals surface area contributed by atoms with Gasteiger partial charge in [0, 0.05) is 52.8 Å². The Kier molecular flexibility index (Phi) is 10.3. The fraction of sp³-hybridized carbons (Fsp3) is 0.143. The van der Waals surface area contributed by atoms with Crippen LogP contribution in [0.5, 0.6) is 69.0 Å². The number of benzene rings is 8. The Morgan fingerprint density at radius 2 is 0.681 bits per heavy atom. The molecule has 8 aromatic rings. The Morgan fingerprint density at radius 1 is 0.275 bits per heavy atom. The third kappa shape index (κ3) is 7.68. The molecule has 0 saturated carbocycles. The van der Waals surface area contributed by atoms with Gasteiger partial charge in [-0.15, -0.1) is 0 Å². The molecule has 1 saturated heterocycles. The third-order valence-electron chi connectivity index (χ3n) is 13.6. The highest BCUT2D eigenvalue weighted by Crippen LogP contribution is 2.64. The zero-order valence-corrected chi connectivity index (χ0v) is 36.3. The van der Waals surface area contributed by atoms with E-state index in [1.807, 2.05) is 6.07 Å². The smallest absolute Gasteiger partial charge is 0.135 e. The van der Waals surface area contributed by atoms with E-state index in [0.29, 0.717) is 67.1 Å². The summed E-state index contributed by atoms with van der Waals surface area (Å²) in [7, 11) is 0. The molecule has 1 fully saturated rings. The van der Waals surface area contributed by atoms with Crippen LogP contribution in [0.1, 0.15) is 104 Å². The minimum atomic E-state index is -0.844. The molecule has 346 valence electrons. The van der Waals surface area contributed by atoms with Crippen molar-refractivity contribution in [2.45, 2.75) is 48.1 Å². The fourth-order valence-electron chi connectivity index (χ4n) is 10.7. The quantitative estimate of drug-likeness (QED) is 0.0685. The summed E-state index contributed by atoms with van der Waals surface area (Å²) >= 11 is 0. The maximum Gasteiger partial charge on any atom is 0.135 e. The van der Waals surface area contributed by atoms with E-state index in [0.717, 1.165) is 0 Å². The van der Waals surface area contributed by atoms with Crippen molar-refractivity contribution in [2.24, 2.45) is 0 Å². The first-order valence-electron chi connectivity index (χ1n) is 22.2. The summed E-state index contributed by atoms with van der Waals surface area (Å²) in [5, 5.41) is 109. The lowest BCUT2D eigenvalue weighted by molar-refractivity contribution is 0.0365. The summed E-state index contributed by atoms with van der Waals surface area (Å²) in [6, 6.07) is 41.1. The number of ether oxygens (including phenoxy) is 3. The van der Waals surface area contributed by atoms with E-state index in [2.05, 4.69) is 0 Å². The molecule has 13 heteroatoms. The normalized spacial score (nSPS) is 22.4. The number of phenols is 10. The number of hydrogen-bond donors (Lipinski definition) is 10. The van der Waals surface area contributed by atoms with Gasteiger partial charge < -0.3 is 65.3 Å². The lowest BCUT2D eigenvalue weighted by Gasteiger charge is -2.28. The van der Waals surface area contributed by atoms with Crippen LogP contribution in [0.15, 0.2) is 158 Å². The molecule has 10 N–H and O–H groups in total. The SMILES string of the molecule is Oc1ccc([C@H]2Oc3cc(O)c([C@@H]4[C@H](c5cc(O)cc(O)c5)[C@@H](c5ccc(O)cc5)O[C@@H]4c4ccc(O)cc4)cc3C2c2cc(O)cc3c2[C@@H](c2cc(O)cc(O)c2)[C@H](c2ccc(O)cc2)O3)cc1. The summed E-state index contributed by atoms with van der Waals surface area (Å²) in [5.74, 6) is -3.40. The van der Waals surface area contributed by atoms with Crippen molar-refractivity contribution in [1.82, 2.24) is 0 Å². The molecule has 3 aliphatic rings. The van der Waals surface area contributed by atoms with Gasteiger partial charge >= 0.3 is 0 Å². The van der Waals surface area contributed by atoms with Gasteiger partial charge in [0.2, 0.25) is 0 Å². The summed E-state index contributed by atoms with van der Waals surface area (Å²) < 4.78 is 20.6. The summed E-state index contributed by atoms with van der Waals surface area (Å²) in [5.41, 5.74) is 5.67. The highest BCUT2D eigenvalue weighted by molar-refractivity contribution is 5.64. The molecule has 8 aromatic carbocycles. The molecule has 3 aliphatic heterocycles. The van der Waals surface area contributed by atoms with E-state index in [1.54, 1.807) is 54.6 Å². The first-order chi connectivity index (χ1) is 33.3. The van der Waals surface area contributed by atoms with Crippen molar-refractivity contribution in [3.8, 4) is 69.0 Å². The van der Waals surface area contributed by atoms with E-state index in [-0.39, 0.29) is 57.5 Å². The minimum absolute atomic E-state index is 0.0200. The lowest BCUT2D eigenvalue weighted by atomic mass is 9.73. The average Bonchev–Trinajstić information content (AvgIpc) is 4.01. The second kappa shape index (κ2) is 16.6. The topological polar surface area (TPSA) is 230 Å². The van der Waals surface area contributed by atoms with Gasteiger partial charge in [0.1, 0.15) is 81.2 Å². The summed E-state index contributed by atoms with van der Waals surface area (Å²) in [4.78, 5) is 0. The molecule has 0 amide bonds. The van der Waals surface area contributed by atoms with Crippen LogP contribution in [0.4, 0.5) is 0 Å². The predicted octanol–water partition coefficient (Wildman–Crippen LogP) is 10.7. The number of phenolic OH excluding ortho intramolecular Hbond substituents is 10. The zero-order valence-electron chi connectivity index (χ0n) is 36.3. The van der Waals surface area contributed by atoms with Crippen molar-refractivity contribution in [3.63, 3.8) is 0 Å². The van der Waals surface area contributed by atoms with Crippen molar-refractivity contribution in [2.75, 3.05) is 0 Å². The van der Waals surface area contributed by atoms with Gasteiger partial charge in [-0.3, -0.25) is 0 Å². The minimum Gasteiger partial charge on any atom is -0.508 e. The maximum atomic E-state index is 12.4. The van der Waals surface area contributed by atoms with Crippen molar-refractivity contribution in [3.05, 3.63) is 213 Å². The molecule has 0 aromatic heterocycles. The van der Waals surface area contributed by atoms with Crippen LogP contribution in [0.25, 0.3) is 0 Å². The molecule has 13 nitrogen and oxygen atoms in total. The van der Waals surface area contributed by atoms with Crippen LogP contribution in [0.2, 0.25) is 0 Å². The zero-order chi connectivity index (χ0) is 47.8. The number of rotatable bonds is 8. The second-order valence-electron chi connectivity index (χ2n) is 17.9. The van der Waals surface area contributed by atoms with Crippen molar-refractivity contribution < 1.29 is 65.3 Å². The Hall–Kier alpha value is -8.68. The largest absolute Gasteiger partial charge is 0.508 e. The molecule has 0 radical (unpaired) electrons. The summed E-state index contributed by atoms with van der Waals surface area (Å²) in [6.07, 6.45) is -3.25.